The Morgan fingerprint density at radius 2 is 2.00 bits per heavy atom. The number of hydrogen-bond donors (Lipinski definition) is 0. The Morgan fingerprint density at radius 3 is 2.62 bits per heavy atom. The molecule has 0 aliphatic heterocycles. The van der Waals surface area contributed by atoms with Crippen LogP contribution in [0.1, 0.15) is 28.5 Å². The molecule has 0 atom stereocenters. The standard InChI is InChI=1S/C16H13BrN2O2/c1-8-4-11(10(3)20)12-6-14(17)16(18-15(12)5-8)13-7-21-19-9(13)2/h4-7H,1-3H3. The fourth-order valence-corrected chi connectivity index (χ4v) is 2.92. The number of Topliss-reactive ketones (excluding diaryl/α,β-unsaturated/α-hetero) is 1. The van der Waals surface area contributed by atoms with E-state index in [0.717, 1.165) is 37.9 Å². The largest absolute Gasteiger partial charge is 0.364 e. The van der Waals surface area contributed by atoms with E-state index in [1.807, 2.05) is 32.0 Å². The number of pyridine rings is 1. The maximum absolute atomic E-state index is 11.8. The predicted molar refractivity (Wildman–Crippen MR) is 84.4 cm³/mol. The van der Waals surface area contributed by atoms with Gasteiger partial charge in [0.05, 0.1) is 22.5 Å². The highest BCUT2D eigenvalue weighted by atomic mass is 79.9. The van der Waals surface area contributed by atoms with Gasteiger partial charge in [0.25, 0.3) is 0 Å². The van der Waals surface area contributed by atoms with Crippen LogP contribution in [0.15, 0.2) is 33.5 Å². The number of aryl methyl sites for hydroxylation is 2. The van der Waals surface area contributed by atoms with E-state index in [2.05, 4.69) is 26.1 Å². The minimum absolute atomic E-state index is 0.0336. The molecule has 0 aliphatic carbocycles. The van der Waals surface area contributed by atoms with Gasteiger partial charge >= 0.3 is 0 Å². The van der Waals surface area contributed by atoms with Gasteiger partial charge in [-0.3, -0.25) is 4.79 Å². The van der Waals surface area contributed by atoms with E-state index in [1.165, 1.54) is 0 Å². The Bertz CT molecular complexity index is 868. The summed E-state index contributed by atoms with van der Waals surface area (Å²) in [4.78, 5) is 16.5. The third-order valence-corrected chi connectivity index (χ3v) is 4.02. The van der Waals surface area contributed by atoms with Crippen LogP contribution in [0.25, 0.3) is 22.2 Å². The van der Waals surface area contributed by atoms with Crippen molar-refractivity contribution in [1.29, 1.82) is 0 Å². The van der Waals surface area contributed by atoms with Crippen molar-refractivity contribution < 1.29 is 9.32 Å². The van der Waals surface area contributed by atoms with Crippen LogP contribution in [-0.2, 0) is 0 Å². The van der Waals surface area contributed by atoms with Gasteiger partial charge in [0.15, 0.2) is 5.78 Å². The van der Waals surface area contributed by atoms with Crippen molar-refractivity contribution in [2.45, 2.75) is 20.8 Å². The third-order valence-electron chi connectivity index (χ3n) is 3.42. The summed E-state index contributed by atoms with van der Waals surface area (Å²) >= 11 is 3.53. The zero-order valence-electron chi connectivity index (χ0n) is 11.9. The average molecular weight is 345 g/mol. The van der Waals surface area contributed by atoms with E-state index in [4.69, 9.17) is 4.52 Å². The first-order valence-corrected chi connectivity index (χ1v) is 7.30. The van der Waals surface area contributed by atoms with E-state index in [1.54, 1.807) is 13.2 Å². The summed E-state index contributed by atoms with van der Waals surface area (Å²) in [6, 6.07) is 5.80. The number of rotatable bonds is 2. The summed E-state index contributed by atoms with van der Waals surface area (Å²) in [7, 11) is 0. The minimum atomic E-state index is 0.0336. The summed E-state index contributed by atoms with van der Waals surface area (Å²) in [6.45, 7) is 5.40. The van der Waals surface area contributed by atoms with E-state index >= 15 is 0 Å². The smallest absolute Gasteiger partial charge is 0.160 e. The van der Waals surface area contributed by atoms with Gasteiger partial charge in [-0.05, 0) is 60.5 Å². The summed E-state index contributed by atoms with van der Waals surface area (Å²) < 4.78 is 5.80. The first kappa shape index (κ1) is 13.9. The van der Waals surface area contributed by atoms with Crippen molar-refractivity contribution in [2.75, 3.05) is 0 Å². The lowest BCUT2D eigenvalue weighted by atomic mass is 10.0. The van der Waals surface area contributed by atoms with Crippen LogP contribution in [0, 0.1) is 13.8 Å². The molecule has 4 nitrogen and oxygen atoms in total. The lowest BCUT2D eigenvalue weighted by Crippen LogP contribution is -1.97. The highest BCUT2D eigenvalue weighted by Crippen LogP contribution is 2.33. The molecular formula is C16H13BrN2O2. The number of fused-ring (bicyclic) bond motifs is 1. The Labute approximate surface area is 130 Å². The zero-order chi connectivity index (χ0) is 15.1. The first-order valence-electron chi connectivity index (χ1n) is 6.50. The number of carbonyl (C=O) groups is 1. The van der Waals surface area contributed by atoms with Gasteiger partial charge < -0.3 is 4.52 Å². The van der Waals surface area contributed by atoms with Crippen molar-refractivity contribution in [2.24, 2.45) is 0 Å². The molecule has 0 spiro atoms. The fraction of sp³-hybridized carbons (Fsp3) is 0.188. The lowest BCUT2D eigenvalue weighted by molar-refractivity contribution is 0.101. The molecule has 0 bridgehead atoms. The van der Waals surface area contributed by atoms with Crippen molar-refractivity contribution >= 4 is 32.6 Å². The quantitative estimate of drug-likeness (QED) is 0.643. The van der Waals surface area contributed by atoms with Crippen LogP contribution in [0.3, 0.4) is 0 Å². The van der Waals surface area contributed by atoms with E-state index in [9.17, 15) is 4.79 Å². The second-order valence-corrected chi connectivity index (χ2v) is 5.92. The molecule has 0 amide bonds. The topological polar surface area (TPSA) is 56.0 Å². The minimum Gasteiger partial charge on any atom is -0.364 e. The molecule has 0 radical (unpaired) electrons. The molecule has 2 heterocycles. The first-order chi connectivity index (χ1) is 9.97. The second kappa shape index (κ2) is 5.07. The van der Waals surface area contributed by atoms with Crippen molar-refractivity contribution in [3.05, 3.63) is 45.8 Å². The summed E-state index contributed by atoms with van der Waals surface area (Å²) in [5, 5.41) is 4.73. The van der Waals surface area contributed by atoms with Crippen LogP contribution >= 0.6 is 15.9 Å². The van der Waals surface area contributed by atoms with E-state index in [0.29, 0.717) is 5.56 Å². The van der Waals surface area contributed by atoms with Gasteiger partial charge in [0, 0.05) is 15.4 Å². The van der Waals surface area contributed by atoms with Crippen LogP contribution in [-0.4, -0.2) is 15.9 Å². The summed E-state index contributed by atoms with van der Waals surface area (Å²) in [6.07, 6.45) is 1.58. The van der Waals surface area contributed by atoms with Gasteiger partial charge in [0.1, 0.15) is 6.26 Å². The number of benzene rings is 1. The normalized spacial score (nSPS) is 11.0. The van der Waals surface area contributed by atoms with Crippen LogP contribution in [0.4, 0.5) is 0 Å². The molecule has 0 unspecified atom stereocenters. The molecule has 0 fully saturated rings. The number of hydrogen-bond acceptors (Lipinski definition) is 4. The number of ketones is 1. The van der Waals surface area contributed by atoms with Gasteiger partial charge in [0.2, 0.25) is 0 Å². The SMILES string of the molecule is CC(=O)c1cc(C)cc2nc(-c3conc3C)c(Br)cc12. The molecule has 1 aromatic carbocycles. The average Bonchev–Trinajstić information content (AvgIpc) is 2.83. The summed E-state index contributed by atoms with van der Waals surface area (Å²) in [5.74, 6) is 0.0336. The molecule has 0 aliphatic rings. The third kappa shape index (κ3) is 2.38. The molecule has 21 heavy (non-hydrogen) atoms. The van der Waals surface area contributed by atoms with Gasteiger partial charge in [-0.2, -0.15) is 0 Å². The Morgan fingerprint density at radius 1 is 1.24 bits per heavy atom. The van der Waals surface area contributed by atoms with Gasteiger partial charge in [-0.15, -0.1) is 0 Å². The fourth-order valence-electron chi connectivity index (χ4n) is 2.39. The molecule has 3 rings (SSSR count). The number of halogens is 1. The van der Waals surface area contributed by atoms with E-state index in [-0.39, 0.29) is 5.78 Å². The monoisotopic (exact) mass is 344 g/mol. The highest BCUT2D eigenvalue weighted by Gasteiger charge is 2.15. The van der Waals surface area contributed by atoms with Crippen LogP contribution in [0.5, 0.6) is 0 Å². The molecule has 106 valence electrons. The Hall–Kier alpha value is -2.01. The van der Waals surface area contributed by atoms with Crippen molar-refractivity contribution in [3.63, 3.8) is 0 Å². The Balaban J connectivity index is 2.35. The molecule has 0 N–H and O–H groups in total. The van der Waals surface area contributed by atoms with Gasteiger partial charge in [-0.25, -0.2) is 4.98 Å². The number of aromatic nitrogens is 2. The molecule has 2 aromatic heterocycles. The van der Waals surface area contributed by atoms with E-state index < -0.39 is 0 Å². The van der Waals surface area contributed by atoms with Gasteiger partial charge in [-0.1, -0.05) is 5.16 Å². The zero-order valence-corrected chi connectivity index (χ0v) is 13.5. The molecule has 5 heteroatoms. The predicted octanol–water partition coefficient (Wildman–Crippen LogP) is 4.47. The van der Waals surface area contributed by atoms with Crippen LogP contribution < -0.4 is 0 Å². The summed E-state index contributed by atoms with van der Waals surface area (Å²) in [5.41, 5.74) is 4.87. The molecule has 0 saturated carbocycles. The van der Waals surface area contributed by atoms with Crippen molar-refractivity contribution in [3.8, 4) is 11.3 Å². The second-order valence-electron chi connectivity index (χ2n) is 5.07. The van der Waals surface area contributed by atoms with Crippen molar-refractivity contribution in [1.82, 2.24) is 10.1 Å². The lowest BCUT2D eigenvalue weighted by Gasteiger charge is -2.09. The number of carbonyl (C=O) groups excluding carboxylic acids is 1. The van der Waals surface area contributed by atoms with Crippen LogP contribution in [0.2, 0.25) is 0 Å². The molecular weight excluding hydrogens is 332 g/mol. The number of nitrogens with zero attached hydrogens (tertiary/aromatic N) is 2. The molecule has 0 saturated heterocycles. The maximum Gasteiger partial charge on any atom is 0.160 e. The molecule has 3 aromatic rings. The Kier molecular flexibility index (Phi) is 3.37. The highest BCUT2D eigenvalue weighted by molar-refractivity contribution is 9.10. The maximum atomic E-state index is 11.8.